The fourth-order valence-electron chi connectivity index (χ4n) is 2.99. The normalized spacial score (nSPS) is 17.3. The molecule has 0 aliphatic carbocycles. The largest absolute Gasteiger partial charge is 0.371 e. The van der Waals surface area contributed by atoms with Crippen molar-refractivity contribution in [3.8, 4) is 12.1 Å². The van der Waals surface area contributed by atoms with Gasteiger partial charge in [-0.05, 0) is 50.8 Å². The molecule has 0 aromatic heterocycles. The van der Waals surface area contributed by atoms with E-state index in [2.05, 4.69) is 17.1 Å². The van der Waals surface area contributed by atoms with Crippen molar-refractivity contribution in [3.05, 3.63) is 30.0 Å². The maximum Gasteiger partial charge on any atom is 0.182 e. The van der Waals surface area contributed by atoms with Crippen LogP contribution in [0.5, 0.6) is 0 Å². The molecule has 0 saturated carbocycles. The molecule has 0 amide bonds. The zero-order valence-corrected chi connectivity index (χ0v) is 16.2. The summed E-state index contributed by atoms with van der Waals surface area (Å²) < 4.78 is 25.3. The lowest BCUT2D eigenvalue weighted by Gasteiger charge is -2.33. The molecular formula is C19H24N4O2S. The number of benzene rings is 1. The molecule has 7 heteroatoms. The molecule has 1 aliphatic rings. The minimum Gasteiger partial charge on any atom is -0.371 e. The van der Waals surface area contributed by atoms with Gasteiger partial charge in [0.1, 0.15) is 17.7 Å². The molecule has 1 fully saturated rings. The van der Waals surface area contributed by atoms with Crippen molar-refractivity contribution >= 4 is 21.2 Å². The van der Waals surface area contributed by atoms with Gasteiger partial charge in [-0.3, -0.25) is 0 Å². The highest BCUT2D eigenvalue weighted by molar-refractivity contribution is 7.92. The average molecular weight is 372 g/mol. The van der Waals surface area contributed by atoms with Crippen LogP contribution in [-0.2, 0) is 9.84 Å². The Morgan fingerprint density at radius 3 is 2.62 bits per heavy atom. The minimum atomic E-state index is -3.50. The summed E-state index contributed by atoms with van der Waals surface area (Å²) in [6.07, 6.45) is 3.54. The van der Waals surface area contributed by atoms with Crippen molar-refractivity contribution in [1.82, 2.24) is 0 Å². The van der Waals surface area contributed by atoms with E-state index in [1.807, 2.05) is 6.07 Å². The molecule has 0 radical (unpaired) electrons. The first-order valence-corrected chi connectivity index (χ1v) is 10.2. The van der Waals surface area contributed by atoms with Gasteiger partial charge >= 0.3 is 0 Å². The van der Waals surface area contributed by atoms with Gasteiger partial charge in [-0.2, -0.15) is 10.5 Å². The Balaban J connectivity index is 2.48. The second-order valence-corrected chi connectivity index (χ2v) is 9.37. The number of nitrogens with one attached hydrogen (secondary N) is 1. The van der Waals surface area contributed by atoms with Crippen LogP contribution in [0.3, 0.4) is 0 Å². The molecule has 2 rings (SSSR count). The Kier molecular flexibility index (Phi) is 6.28. The van der Waals surface area contributed by atoms with E-state index in [4.69, 9.17) is 10.5 Å². The van der Waals surface area contributed by atoms with Crippen LogP contribution in [0.4, 0.5) is 11.4 Å². The number of nitriles is 2. The molecule has 6 nitrogen and oxygen atoms in total. The number of anilines is 2. The predicted octanol–water partition coefficient (Wildman–Crippen LogP) is 3.45. The second-order valence-electron chi connectivity index (χ2n) is 6.89. The van der Waals surface area contributed by atoms with E-state index in [1.54, 1.807) is 38.1 Å². The highest BCUT2D eigenvalue weighted by Crippen LogP contribution is 2.32. The van der Waals surface area contributed by atoms with Gasteiger partial charge in [-0.1, -0.05) is 6.92 Å². The van der Waals surface area contributed by atoms with E-state index < -0.39 is 15.1 Å². The van der Waals surface area contributed by atoms with E-state index in [0.717, 1.165) is 25.2 Å². The number of sulfone groups is 1. The molecule has 1 aliphatic heterocycles. The highest BCUT2D eigenvalue weighted by atomic mass is 32.2. The lowest BCUT2D eigenvalue weighted by atomic mass is 10.00. The van der Waals surface area contributed by atoms with E-state index in [-0.39, 0.29) is 10.5 Å². The predicted molar refractivity (Wildman–Crippen MR) is 102 cm³/mol. The van der Waals surface area contributed by atoms with E-state index in [0.29, 0.717) is 11.6 Å². The fourth-order valence-corrected chi connectivity index (χ4v) is 4.18. The average Bonchev–Trinajstić information content (AvgIpc) is 2.62. The third-order valence-corrected chi connectivity index (χ3v) is 6.74. The molecule has 1 unspecified atom stereocenters. The lowest BCUT2D eigenvalue weighted by Crippen LogP contribution is -2.34. The molecule has 1 N–H and O–H groups in total. The molecule has 1 saturated heterocycles. The molecule has 0 bridgehead atoms. The van der Waals surface area contributed by atoms with E-state index in [1.165, 1.54) is 12.6 Å². The van der Waals surface area contributed by atoms with Crippen LogP contribution in [-0.4, -0.2) is 26.8 Å². The monoisotopic (exact) mass is 372 g/mol. The summed E-state index contributed by atoms with van der Waals surface area (Å²) in [5.41, 5.74) is 1.21. The molecule has 1 atom stereocenters. The standard InChI is InChI=1S/C19H24N4O2S/c1-14(2)26(24,25)19-7-6-17(23-8-4-5-15(3)13-23)9-18(19)22-12-16(10-20)11-21/h6-7,9,12,14-15,22H,4-5,8,13H2,1-3H3. The molecule has 138 valence electrons. The summed E-state index contributed by atoms with van der Waals surface area (Å²) in [5, 5.41) is 20.1. The number of piperidine rings is 1. The van der Waals surface area contributed by atoms with Crippen LogP contribution >= 0.6 is 0 Å². The Hall–Kier alpha value is -2.51. The van der Waals surface area contributed by atoms with Crippen molar-refractivity contribution in [1.29, 1.82) is 10.5 Å². The SMILES string of the molecule is CC1CCCN(c2ccc(S(=O)(=O)C(C)C)c(NC=C(C#N)C#N)c2)C1. The first-order valence-electron chi connectivity index (χ1n) is 8.69. The number of nitrogens with zero attached hydrogens (tertiary/aromatic N) is 3. The minimum absolute atomic E-state index is 0.116. The highest BCUT2D eigenvalue weighted by Gasteiger charge is 2.24. The molecule has 26 heavy (non-hydrogen) atoms. The summed E-state index contributed by atoms with van der Waals surface area (Å²) in [7, 11) is -3.50. The molecule has 1 aromatic rings. The first kappa shape index (κ1) is 19.8. The smallest absolute Gasteiger partial charge is 0.182 e. The van der Waals surface area contributed by atoms with Gasteiger partial charge in [0.2, 0.25) is 0 Å². The third-order valence-electron chi connectivity index (χ3n) is 4.53. The van der Waals surface area contributed by atoms with Crippen LogP contribution in [0.2, 0.25) is 0 Å². The van der Waals surface area contributed by atoms with Crippen molar-refractivity contribution in [2.24, 2.45) is 5.92 Å². The maximum absolute atomic E-state index is 12.7. The summed E-state index contributed by atoms with van der Waals surface area (Å²) in [5.74, 6) is 0.586. The Morgan fingerprint density at radius 1 is 1.35 bits per heavy atom. The van der Waals surface area contributed by atoms with Crippen molar-refractivity contribution in [2.45, 2.75) is 43.8 Å². The van der Waals surface area contributed by atoms with Gasteiger partial charge in [0.05, 0.1) is 15.8 Å². The fraction of sp³-hybridized carbons (Fsp3) is 0.474. The molecule has 0 spiro atoms. The topological polar surface area (TPSA) is 97.0 Å². The van der Waals surface area contributed by atoms with E-state index in [9.17, 15) is 8.42 Å². The number of allylic oxidation sites excluding steroid dienone is 1. The summed E-state index contributed by atoms with van der Waals surface area (Å²) in [6.45, 7) is 7.32. The zero-order chi connectivity index (χ0) is 19.3. The molecule has 1 heterocycles. The van der Waals surface area contributed by atoms with Crippen molar-refractivity contribution in [3.63, 3.8) is 0 Å². The van der Waals surface area contributed by atoms with Crippen LogP contribution in [0.1, 0.15) is 33.6 Å². The summed E-state index contributed by atoms with van der Waals surface area (Å²) in [6, 6.07) is 8.76. The Bertz CT molecular complexity index is 860. The van der Waals surface area contributed by atoms with Gasteiger partial charge < -0.3 is 10.2 Å². The van der Waals surface area contributed by atoms with Gasteiger partial charge in [-0.25, -0.2) is 8.42 Å². The lowest BCUT2D eigenvalue weighted by molar-refractivity contribution is 0.447. The van der Waals surface area contributed by atoms with Gasteiger partial charge in [0.15, 0.2) is 9.84 Å². The second kappa shape index (κ2) is 8.25. The maximum atomic E-state index is 12.7. The van der Waals surface area contributed by atoms with Crippen LogP contribution in [0, 0.1) is 28.6 Å². The van der Waals surface area contributed by atoms with Crippen molar-refractivity contribution in [2.75, 3.05) is 23.3 Å². The molecule has 1 aromatic carbocycles. The Labute approximate surface area is 155 Å². The summed E-state index contributed by atoms with van der Waals surface area (Å²) in [4.78, 5) is 2.41. The van der Waals surface area contributed by atoms with E-state index >= 15 is 0 Å². The third kappa shape index (κ3) is 4.36. The zero-order valence-electron chi connectivity index (χ0n) is 15.4. The van der Waals surface area contributed by atoms with Gasteiger partial charge in [0.25, 0.3) is 0 Å². The summed E-state index contributed by atoms with van der Waals surface area (Å²) >= 11 is 0. The Morgan fingerprint density at radius 2 is 2.04 bits per heavy atom. The van der Waals surface area contributed by atoms with Crippen LogP contribution < -0.4 is 10.2 Å². The number of hydrogen-bond acceptors (Lipinski definition) is 6. The van der Waals surface area contributed by atoms with Crippen molar-refractivity contribution < 1.29 is 8.42 Å². The van der Waals surface area contributed by atoms with Gasteiger partial charge in [-0.15, -0.1) is 0 Å². The van der Waals surface area contributed by atoms with Gasteiger partial charge in [0, 0.05) is 25.0 Å². The quantitative estimate of drug-likeness (QED) is 0.795. The molecular weight excluding hydrogens is 348 g/mol. The number of hydrogen-bond donors (Lipinski definition) is 1. The first-order chi connectivity index (χ1) is 12.3. The van der Waals surface area contributed by atoms with Crippen LogP contribution in [0.25, 0.3) is 0 Å². The number of rotatable bonds is 5. The van der Waals surface area contributed by atoms with Crippen LogP contribution in [0.15, 0.2) is 34.9 Å².